The Morgan fingerprint density at radius 1 is 1.43 bits per heavy atom. The molecule has 0 aliphatic heterocycles. The van der Waals surface area contributed by atoms with Crippen LogP contribution in [0.3, 0.4) is 0 Å². The molecule has 0 unspecified atom stereocenters. The van der Waals surface area contributed by atoms with E-state index in [1.54, 1.807) is 26.2 Å². The molecule has 0 spiro atoms. The second-order valence-electron chi connectivity index (χ2n) is 4.47. The van der Waals surface area contributed by atoms with Gasteiger partial charge in [-0.2, -0.15) is 0 Å². The molecule has 1 heterocycles. The number of anilines is 1. The third kappa shape index (κ3) is 5.08. The maximum Gasteiger partial charge on any atom is 0.240 e. The predicted octanol–water partition coefficient (Wildman–Crippen LogP) is 2.76. The molecule has 2 rings (SSSR count). The molecular formula is C14H17ClFN3OS. The van der Waals surface area contributed by atoms with Gasteiger partial charge in [0.2, 0.25) is 5.91 Å². The molecule has 7 heteroatoms. The Kier molecular flexibility index (Phi) is 6.74. The van der Waals surface area contributed by atoms with Crippen LogP contribution in [0.1, 0.15) is 16.0 Å². The summed E-state index contributed by atoms with van der Waals surface area (Å²) in [5.41, 5.74) is 1.53. The lowest BCUT2D eigenvalue weighted by molar-refractivity contribution is -0.115. The summed E-state index contributed by atoms with van der Waals surface area (Å²) in [6.07, 6.45) is 2.31. The SMILES string of the molecule is CNCC(=O)Nc1ncc(Cc2ccc(C)c(F)c2)s1.Cl. The number of rotatable bonds is 5. The van der Waals surface area contributed by atoms with Crippen molar-refractivity contribution in [2.45, 2.75) is 13.3 Å². The second kappa shape index (κ2) is 8.07. The molecule has 0 atom stereocenters. The number of benzene rings is 1. The molecule has 2 aromatic rings. The summed E-state index contributed by atoms with van der Waals surface area (Å²) in [4.78, 5) is 16.5. The van der Waals surface area contributed by atoms with Gasteiger partial charge in [0.15, 0.2) is 5.13 Å². The fraction of sp³-hybridized carbons (Fsp3) is 0.286. The predicted molar refractivity (Wildman–Crippen MR) is 85.9 cm³/mol. The van der Waals surface area contributed by atoms with Crippen LogP contribution in [-0.4, -0.2) is 24.5 Å². The summed E-state index contributed by atoms with van der Waals surface area (Å²) < 4.78 is 13.5. The Hall–Kier alpha value is -1.50. The molecule has 0 aliphatic carbocycles. The van der Waals surface area contributed by atoms with Crippen molar-refractivity contribution in [1.82, 2.24) is 10.3 Å². The van der Waals surface area contributed by atoms with Crippen LogP contribution < -0.4 is 10.6 Å². The first kappa shape index (κ1) is 17.6. The highest BCUT2D eigenvalue weighted by Crippen LogP contribution is 2.22. The van der Waals surface area contributed by atoms with Crippen molar-refractivity contribution in [1.29, 1.82) is 0 Å². The van der Waals surface area contributed by atoms with Crippen LogP contribution in [0.15, 0.2) is 24.4 Å². The van der Waals surface area contributed by atoms with Gasteiger partial charge in [0.25, 0.3) is 0 Å². The Bertz CT molecular complexity index is 618. The van der Waals surface area contributed by atoms with E-state index in [0.717, 1.165) is 10.4 Å². The molecule has 0 saturated heterocycles. The first-order chi connectivity index (χ1) is 9.58. The van der Waals surface area contributed by atoms with Gasteiger partial charge in [-0.05, 0) is 31.2 Å². The first-order valence-electron chi connectivity index (χ1n) is 6.22. The second-order valence-corrected chi connectivity index (χ2v) is 5.59. The van der Waals surface area contributed by atoms with E-state index < -0.39 is 0 Å². The van der Waals surface area contributed by atoms with Gasteiger partial charge in [-0.15, -0.1) is 23.7 Å². The number of hydrogen-bond donors (Lipinski definition) is 2. The van der Waals surface area contributed by atoms with Gasteiger partial charge in [0.1, 0.15) is 5.82 Å². The first-order valence-corrected chi connectivity index (χ1v) is 7.04. The zero-order valence-corrected chi connectivity index (χ0v) is 13.4. The van der Waals surface area contributed by atoms with E-state index in [9.17, 15) is 9.18 Å². The highest BCUT2D eigenvalue weighted by atomic mass is 35.5. The Morgan fingerprint density at radius 3 is 2.86 bits per heavy atom. The van der Waals surface area contributed by atoms with Crippen LogP contribution in [0, 0.1) is 12.7 Å². The zero-order valence-electron chi connectivity index (χ0n) is 11.8. The van der Waals surface area contributed by atoms with Gasteiger partial charge in [-0.3, -0.25) is 4.79 Å². The van der Waals surface area contributed by atoms with Crippen LogP contribution in [0.5, 0.6) is 0 Å². The van der Waals surface area contributed by atoms with Crippen molar-refractivity contribution in [2.75, 3.05) is 18.9 Å². The molecule has 114 valence electrons. The van der Waals surface area contributed by atoms with Crippen LogP contribution in [-0.2, 0) is 11.2 Å². The van der Waals surface area contributed by atoms with Gasteiger partial charge in [-0.1, -0.05) is 12.1 Å². The molecule has 0 radical (unpaired) electrons. The number of halogens is 2. The summed E-state index contributed by atoms with van der Waals surface area (Å²) in [5, 5.41) is 6.03. The van der Waals surface area contributed by atoms with Crippen molar-refractivity contribution in [3.05, 3.63) is 46.2 Å². The number of nitrogens with zero attached hydrogens (tertiary/aromatic N) is 1. The molecule has 0 bridgehead atoms. The van der Waals surface area contributed by atoms with Crippen LogP contribution in [0.2, 0.25) is 0 Å². The maximum absolute atomic E-state index is 13.5. The Balaban J connectivity index is 0.00000220. The number of carbonyl (C=O) groups is 1. The van der Waals surface area contributed by atoms with Crippen LogP contribution in [0.25, 0.3) is 0 Å². The minimum absolute atomic E-state index is 0. The van der Waals surface area contributed by atoms with Crippen molar-refractivity contribution >= 4 is 34.8 Å². The fourth-order valence-corrected chi connectivity index (χ4v) is 2.58. The molecule has 0 aliphatic rings. The van der Waals surface area contributed by atoms with E-state index in [1.807, 2.05) is 6.07 Å². The monoisotopic (exact) mass is 329 g/mol. The highest BCUT2D eigenvalue weighted by Gasteiger charge is 2.07. The summed E-state index contributed by atoms with van der Waals surface area (Å²) in [6.45, 7) is 1.99. The quantitative estimate of drug-likeness (QED) is 0.887. The van der Waals surface area contributed by atoms with E-state index in [0.29, 0.717) is 17.1 Å². The summed E-state index contributed by atoms with van der Waals surface area (Å²) >= 11 is 1.40. The summed E-state index contributed by atoms with van der Waals surface area (Å²) in [5.74, 6) is -0.329. The van der Waals surface area contributed by atoms with Gasteiger partial charge >= 0.3 is 0 Å². The minimum atomic E-state index is -0.199. The lowest BCUT2D eigenvalue weighted by atomic mass is 10.1. The van der Waals surface area contributed by atoms with Gasteiger partial charge in [-0.25, -0.2) is 9.37 Å². The molecule has 2 N–H and O–H groups in total. The molecular weight excluding hydrogens is 313 g/mol. The van der Waals surface area contributed by atoms with Crippen LogP contribution in [0.4, 0.5) is 9.52 Å². The van der Waals surface area contributed by atoms with E-state index in [2.05, 4.69) is 15.6 Å². The molecule has 21 heavy (non-hydrogen) atoms. The lowest BCUT2D eigenvalue weighted by Gasteiger charge is -2.01. The molecule has 4 nitrogen and oxygen atoms in total. The average Bonchev–Trinajstić information content (AvgIpc) is 2.81. The standard InChI is InChI=1S/C14H16FN3OS.ClH/c1-9-3-4-10(6-12(9)15)5-11-7-17-14(20-11)18-13(19)8-16-2;/h3-4,6-7,16H,5,8H2,1-2H3,(H,17,18,19);1H. The van der Waals surface area contributed by atoms with Gasteiger partial charge in [0, 0.05) is 17.5 Å². The summed E-state index contributed by atoms with van der Waals surface area (Å²) in [6, 6.07) is 5.20. The number of hydrogen-bond acceptors (Lipinski definition) is 4. The smallest absolute Gasteiger partial charge is 0.240 e. The topological polar surface area (TPSA) is 54.0 Å². The molecule has 0 fully saturated rings. The van der Waals surface area contributed by atoms with Crippen molar-refractivity contribution in [3.8, 4) is 0 Å². The van der Waals surface area contributed by atoms with E-state index in [4.69, 9.17) is 0 Å². The van der Waals surface area contributed by atoms with Gasteiger partial charge in [0.05, 0.1) is 6.54 Å². The number of likely N-dealkylation sites (N-methyl/N-ethyl adjacent to an activating group) is 1. The largest absolute Gasteiger partial charge is 0.311 e. The molecule has 1 aromatic carbocycles. The normalized spacial score (nSPS) is 10.0. The highest BCUT2D eigenvalue weighted by molar-refractivity contribution is 7.15. The number of amides is 1. The van der Waals surface area contributed by atoms with Crippen molar-refractivity contribution in [3.63, 3.8) is 0 Å². The summed E-state index contributed by atoms with van der Waals surface area (Å²) in [7, 11) is 1.71. The van der Waals surface area contributed by atoms with E-state index in [1.165, 1.54) is 17.4 Å². The number of nitrogens with one attached hydrogen (secondary N) is 2. The van der Waals surface area contributed by atoms with E-state index in [-0.39, 0.29) is 30.7 Å². The zero-order chi connectivity index (χ0) is 14.5. The van der Waals surface area contributed by atoms with E-state index >= 15 is 0 Å². The maximum atomic E-state index is 13.5. The molecule has 1 amide bonds. The number of thiazole rings is 1. The Labute approximate surface area is 133 Å². The third-order valence-electron chi connectivity index (χ3n) is 2.75. The molecule has 0 saturated carbocycles. The Morgan fingerprint density at radius 2 is 2.19 bits per heavy atom. The van der Waals surface area contributed by atoms with Gasteiger partial charge < -0.3 is 10.6 Å². The fourth-order valence-electron chi connectivity index (χ4n) is 1.72. The number of carbonyl (C=O) groups excluding carboxylic acids is 1. The minimum Gasteiger partial charge on any atom is -0.311 e. The molecule has 1 aromatic heterocycles. The van der Waals surface area contributed by atoms with Crippen molar-refractivity contribution in [2.24, 2.45) is 0 Å². The average molecular weight is 330 g/mol. The number of aryl methyl sites for hydroxylation is 1. The lowest BCUT2D eigenvalue weighted by Crippen LogP contribution is -2.24. The van der Waals surface area contributed by atoms with Crippen LogP contribution >= 0.6 is 23.7 Å². The third-order valence-corrected chi connectivity index (χ3v) is 3.66. The number of aromatic nitrogens is 1. The van der Waals surface area contributed by atoms with Crippen molar-refractivity contribution < 1.29 is 9.18 Å².